The van der Waals surface area contributed by atoms with Crippen LogP contribution in [0.4, 0.5) is 4.39 Å². The molecule has 0 unspecified atom stereocenters. The van der Waals surface area contributed by atoms with E-state index in [-0.39, 0.29) is 10.7 Å². The Labute approximate surface area is 160 Å². The molecule has 0 radical (unpaired) electrons. The Bertz CT molecular complexity index is 1310. The molecule has 5 rings (SSSR count). The fourth-order valence-corrected chi connectivity index (χ4v) is 4.84. The summed E-state index contributed by atoms with van der Waals surface area (Å²) in [4.78, 5) is 25.9. The zero-order valence-corrected chi connectivity index (χ0v) is 15.8. The first-order valence-electron chi connectivity index (χ1n) is 8.23. The van der Waals surface area contributed by atoms with E-state index in [0.29, 0.717) is 36.4 Å². The van der Waals surface area contributed by atoms with Crippen LogP contribution in [0.5, 0.6) is 0 Å². The molecule has 0 amide bonds. The van der Waals surface area contributed by atoms with Crippen LogP contribution < -0.4 is 5.56 Å². The number of hydrogen-bond donors (Lipinski definition) is 0. The normalized spacial score (nSPS) is 13.9. The van der Waals surface area contributed by atoms with Crippen LogP contribution in [0.15, 0.2) is 33.6 Å². The van der Waals surface area contributed by atoms with Crippen molar-refractivity contribution in [3.05, 3.63) is 50.0 Å². The van der Waals surface area contributed by atoms with Gasteiger partial charge in [0.1, 0.15) is 10.5 Å². The monoisotopic (exact) mass is 400 g/mol. The maximum absolute atomic E-state index is 13.7. The van der Waals surface area contributed by atoms with E-state index in [2.05, 4.69) is 20.1 Å². The van der Waals surface area contributed by atoms with Gasteiger partial charge in [0.05, 0.1) is 40.9 Å². The van der Waals surface area contributed by atoms with Gasteiger partial charge < -0.3 is 4.57 Å². The van der Waals surface area contributed by atoms with Gasteiger partial charge in [0.2, 0.25) is 0 Å². The number of allylic oxidation sites excluding steroid dienone is 1. The maximum atomic E-state index is 13.7. The minimum absolute atomic E-state index is 0.171. The van der Waals surface area contributed by atoms with Crippen molar-refractivity contribution in [2.45, 2.75) is 13.0 Å². The third kappa shape index (κ3) is 2.63. The first kappa shape index (κ1) is 16.5. The van der Waals surface area contributed by atoms with Crippen molar-refractivity contribution in [3.8, 4) is 0 Å². The predicted molar refractivity (Wildman–Crippen MR) is 104 cm³/mol. The Morgan fingerprint density at radius 3 is 3.00 bits per heavy atom. The predicted octanol–water partition coefficient (Wildman–Crippen LogP) is 2.54. The molecule has 0 saturated carbocycles. The second-order valence-electron chi connectivity index (χ2n) is 6.17. The summed E-state index contributed by atoms with van der Waals surface area (Å²) in [6, 6.07) is 0. The molecular weight excluding hydrogens is 387 g/mol. The summed E-state index contributed by atoms with van der Waals surface area (Å²) in [7, 11) is 1.82. The van der Waals surface area contributed by atoms with Crippen molar-refractivity contribution in [1.29, 1.82) is 0 Å². The average Bonchev–Trinajstić information content (AvgIpc) is 3.41. The second-order valence-corrected chi connectivity index (χ2v) is 8.06. The number of nitrogens with zero attached hydrogens (tertiary/aromatic N) is 6. The summed E-state index contributed by atoms with van der Waals surface area (Å²) in [6.45, 7) is 1.00. The molecule has 4 aromatic rings. The lowest BCUT2D eigenvalue weighted by molar-refractivity contribution is 0.637. The first-order valence-corrected chi connectivity index (χ1v) is 9.93. The van der Waals surface area contributed by atoms with Gasteiger partial charge in [-0.1, -0.05) is 17.4 Å². The summed E-state index contributed by atoms with van der Waals surface area (Å²) in [5, 5.41) is 5.56. The first-order chi connectivity index (χ1) is 13.1. The smallest absolute Gasteiger partial charge is 0.291 e. The molecule has 4 aromatic heterocycles. The minimum atomic E-state index is -0.285. The fourth-order valence-electron chi connectivity index (χ4n) is 3.20. The van der Waals surface area contributed by atoms with Crippen molar-refractivity contribution in [3.63, 3.8) is 0 Å². The van der Waals surface area contributed by atoms with Crippen LogP contribution in [0.3, 0.4) is 0 Å². The summed E-state index contributed by atoms with van der Waals surface area (Å²) in [6.07, 6.45) is 5.90. The number of fused-ring (bicyclic) bond motifs is 3. The standard InChI is InChI=1S/C17H13FN6OS2/c1-23-13-10(6-21-24(17(13)25)7-9-3-2-4-19-9)14-16(23)22-12(27-14)5-11-15(18)26-8-20-11/h2-3,6,8H,4-5,7H2,1H3. The average molecular weight is 400 g/mol. The molecule has 0 aliphatic carbocycles. The molecular formula is C17H13FN6OS2. The molecule has 136 valence electrons. The molecule has 5 heterocycles. The third-order valence-electron chi connectivity index (χ3n) is 4.50. The van der Waals surface area contributed by atoms with Gasteiger partial charge in [0.25, 0.3) is 5.56 Å². The molecule has 0 atom stereocenters. The highest BCUT2D eigenvalue weighted by atomic mass is 32.1. The van der Waals surface area contributed by atoms with E-state index in [9.17, 15) is 9.18 Å². The molecule has 0 aromatic carbocycles. The van der Waals surface area contributed by atoms with Crippen molar-refractivity contribution in [2.24, 2.45) is 12.0 Å². The topological polar surface area (TPSA) is 78.0 Å². The van der Waals surface area contributed by atoms with E-state index in [1.54, 1.807) is 10.8 Å². The van der Waals surface area contributed by atoms with Crippen molar-refractivity contribution in [1.82, 2.24) is 24.3 Å². The van der Waals surface area contributed by atoms with E-state index in [1.807, 2.05) is 19.2 Å². The van der Waals surface area contributed by atoms with Crippen LogP contribution in [0.25, 0.3) is 21.3 Å². The highest BCUT2D eigenvalue weighted by molar-refractivity contribution is 7.19. The zero-order chi connectivity index (χ0) is 18.5. The quantitative estimate of drug-likeness (QED) is 0.527. The summed E-state index contributed by atoms with van der Waals surface area (Å²) in [5.41, 5.74) is 3.82. The van der Waals surface area contributed by atoms with E-state index >= 15 is 0 Å². The number of aliphatic imine (C=N–C) groups is 1. The second kappa shape index (κ2) is 6.17. The lowest BCUT2D eigenvalue weighted by Crippen LogP contribution is -2.26. The van der Waals surface area contributed by atoms with Gasteiger partial charge in [-0.3, -0.25) is 9.79 Å². The summed E-state index contributed by atoms with van der Waals surface area (Å²) < 4.78 is 17.8. The van der Waals surface area contributed by atoms with E-state index in [0.717, 1.165) is 32.1 Å². The summed E-state index contributed by atoms with van der Waals surface area (Å²) >= 11 is 2.43. The molecule has 0 saturated heterocycles. The van der Waals surface area contributed by atoms with Crippen LogP contribution in [-0.4, -0.2) is 36.6 Å². The Balaban J connectivity index is 1.60. The summed E-state index contributed by atoms with van der Waals surface area (Å²) in [5.74, 6) is 0. The number of aromatic nitrogens is 5. The molecule has 7 nitrogen and oxygen atoms in total. The molecule has 1 aliphatic heterocycles. The van der Waals surface area contributed by atoms with E-state index < -0.39 is 0 Å². The van der Waals surface area contributed by atoms with Gasteiger partial charge in [-0.25, -0.2) is 14.6 Å². The van der Waals surface area contributed by atoms with Gasteiger partial charge in [0, 0.05) is 18.9 Å². The minimum Gasteiger partial charge on any atom is -0.323 e. The van der Waals surface area contributed by atoms with Crippen molar-refractivity contribution < 1.29 is 4.39 Å². The number of rotatable bonds is 4. The van der Waals surface area contributed by atoms with Gasteiger partial charge in [0.15, 0.2) is 10.8 Å². The zero-order valence-electron chi connectivity index (χ0n) is 14.2. The lowest BCUT2D eigenvalue weighted by atomic mass is 10.3. The maximum Gasteiger partial charge on any atom is 0.291 e. The fraction of sp³-hybridized carbons (Fsp3) is 0.235. The third-order valence-corrected chi connectivity index (χ3v) is 6.23. The van der Waals surface area contributed by atoms with E-state index in [1.165, 1.54) is 21.5 Å². The Morgan fingerprint density at radius 1 is 1.37 bits per heavy atom. The van der Waals surface area contributed by atoms with Crippen molar-refractivity contribution in [2.75, 3.05) is 6.54 Å². The Morgan fingerprint density at radius 2 is 2.26 bits per heavy atom. The molecule has 1 aliphatic rings. The molecule has 10 heteroatoms. The van der Waals surface area contributed by atoms with E-state index in [4.69, 9.17) is 0 Å². The number of halogens is 1. The van der Waals surface area contributed by atoms with Gasteiger partial charge in [-0.15, -0.1) is 11.3 Å². The van der Waals surface area contributed by atoms with Crippen molar-refractivity contribution >= 4 is 49.6 Å². The van der Waals surface area contributed by atoms with Crippen LogP contribution in [0.1, 0.15) is 10.7 Å². The van der Waals surface area contributed by atoms with Crippen LogP contribution >= 0.6 is 22.7 Å². The Kier molecular flexibility index (Phi) is 3.76. The van der Waals surface area contributed by atoms with Gasteiger partial charge in [-0.05, 0) is 6.08 Å². The molecule has 0 N–H and O–H groups in total. The highest BCUT2D eigenvalue weighted by Crippen LogP contribution is 2.32. The largest absolute Gasteiger partial charge is 0.323 e. The number of thiazole rings is 2. The number of hydrogen-bond acceptors (Lipinski definition) is 7. The Hall–Kier alpha value is -2.72. The highest BCUT2D eigenvalue weighted by Gasteiger charge is 2.19. The molecule has 27 heavy (non-hydrogen) atoms. The van der Waals surface area contributed by atoms with Gasteiger partial charge >= 0.3 is 0 Å². The van der Waals surface area contributed by atoms with Crippen LogP contribution in [0, 0.1) is 5.13 Å². The SMILES string of the molecule is Cn1c2nc(Cc3ncsc3F)sc2c2cnn(CC3=NCC=C3)c(=O)c21. The molecule has 0 fully saturated rings. The van der Waals surface area contributed by atoms with Crippen LogP contribution in [0.2, 0.25) is 0 Å². The van der Waals surface area contributed by atoms with Gasteiger partial charge in [-0.2, -0.15) is 9.49 Å². The molecule has 0 bridgehead atoms. The number of aryl methyl sites for hydroxylation is 1. The lowest BCUT2D eigenvalue weighted by Gasteiger charge is -2.04. The van der Waals surface area contributed by atoms with Crippen LogP contribution in [-0.2, 0) is 20.0 Å². The molecule has 0 spiro atoms.